The van der Waals surface area contributed by atoms with Crippen molar-refractivity contribution in [3.8, 4) is 0 Å². The minimum absolute atomic E-state index is 0.140. The first-order chi connectivity index (χ1) is 9.20. The molecule has 4 heteroatoms. The summed E-state index contributed by atoms with van der Waals surface area (Å²) in [6.07, 6.45) is 2.56. The number of nitrogens with one attached hydrogen (secondary N) is 1. The van der Waals surface area contributed by atoms with E-state index < -0.39 is 0 Å². The van der Waals surface area contributed by atoms with Crippen molar-refractivity contribution in [1.82, 2.24) is 5.32 Å². The molecule has 0 aliphatic carbocycles. The summed E-state index contributed by atoms with van der Waals surface area (Å²) in [7, 11) is 1.41. The van der Waals surface area contributed by atoms with Gasteiger partial charge in [-0.15, -0.1) is 0 Å². The van der Waals surface area contributed by atoms with Crippen LogP contribution in [0.4, 0.5) is 5.69 Å². The van der Waals surface area contributed by atoms with Crippen LogP contribution < -0.4 is 10.2 Å². The van der Waals surface area contributed by atoms with Crippen LogP contribution in [0.2, 0.25) is 0 Å². The van der Waals surface area contributed by atoms with E-state index >= 15 is 0 Å². The van der Waals surface area contributed by atoms with Crippen LogP contribution in [0.5, 0.6) is 0 Å². The highest BCUT2D eigenvalue weighted by molar-refractivity contribution is 5.71. The second kappa shape index (κ2) is 6.57. The fraction of sp³-hybridized carbons (Fsp3) is 0.533. The van der Waals surface area contributed by atoms with Gasteiger partial charge < -0.3 is 15.0 Å². The minimum atomic E-state index is -0.234. The number of ether oxygens (including phenoxy) is 1. The monoisotopic (exact) mass is 262 g/mol. The van der Waals surface area contributed by atoms with E-state index in [1.807, 2.05) is 0 Å². The third kappa shape index (κ3) is 3.70. The lowest BCUT2D eigenvalue weighted by Gasteiger charge is -2.20. The summed E-state index contributed by atoms with van der Waals surface area (Å²) in [5, 5.41) is 3.17. The molecule has 1 saturated heterocycles. The van der Waals surface area contributed by atoms with Gasteiger partial charge in [0.05, 0.1) is 13.7 Å². The highest BCUT2D eigenvalue weighted by Crippen LogP contribution is 2.23. The van der Waals surface area contributed by atoms with Crippen LogP contribution in [-0.4, -0.2) is 32.7 Å². The Balaban J connectivity index is 1.99. The minimum Gasteiger partial charge on any atom is -0.468 e. The lowest BCUT2D eigenvalue weighted by atomic mass is 10.1. The van der Waals surface area contributed by atoms with Gasteiger partial charge in [0.15, 0.2) is 0 Å². The molecule has 4 nitrogen and oxygen atoms in total. The van der Waals surface area contributed by atoms with Crippen LogP contribution in [-0.2, 0) is 9.53 Å². The normalized spacial score (nSPS) is 16.4. The Kier molecular flexibility index (Phi) is 4.80. The molecule has 1 N–H and O–H groups in total. The molecule has 0 spiro atoms. The van der Waals surface area contributed by atoms with Gasteiger partial charge in [-0.1, -0.05) is 12.1 Å². The van der Waals surface area contributed by atoms with Crippen molar-refractivity contribution in [2.24, 2.45) is 0 Å². The molecule has 0 amide bonds. The Labute approximate surface area is 114 Å². The molecule has 1 aliphatic heterocycles. The Morgan fingerprint density at radius 3 is 2.84 bits per heavy atom. The van der Waals surface area contributed by atoms with Crippen molar-refractivity contribution >= 4 is 11.7 Å². The number of methoxy groups -OCH3 is 1. The number of carbonyl (C=O) groups is 1. The van der Waals surface area contributed by atoms with Crippen LogP contribution >= 0.6 is 0 Å². The van der Waals surface area contributed by atoms with E-state index in [0.29, 0.717) is 0 Å². The summed E-state index contributed by atoms with van der Waals surface area (Å²) >= 11 is 0. The number of nitrogens with zero attached hydrogens (tertiary/aromatic N) is 1. The molecule has 1 heterocycles. The predicted octanol–water partition coefficient (Wildman–Crippen LogP) is 2.11. The highest BCUT2D eigenvalue weighted by atomic mass is 16.5. The molecule has 0 radical (unpaired) electrons. The van der Waals surface area contributed by atoms with Crippen molar-refractivity contribution in [3.63, 3.8) is 0 Å². The van der Waals surface area contributed by atoms with Gasteiger partial charge >= 0.3 is 5.97 Å². The molecule has 2 rings (SSSR count). The highest BCUT2D eigenvalue weighted by Gasteiger charge is 2.14. The van der Waals surface area contributed by atoms with E-state index in [2.05, 4.69) is 46.1 Å². The van der Waals surface area contributed by atoms with E-state index in [0.717, 1.165) is 13.1 Å². The van der Waals surface area contributed by atoms with Crippen molar-refractivity contribution in [2.45, 2.75) is 25.8 Å². The largest absolute Gasteiger partial charge is 0.468 e. The van der Waals surface area contributed by atoms with Crippen molar-refractivity contribution in [2.75, 3.05) is 31.6 Å². The van der Waals surface area contributed by atoms with Gasteiger partial charge in [0.25, 0.3) is 0 Å². The summed E-state index contributed by atoms with van der Waals surface area (Å²) in [6, 6.07) is 8.68. The zero-order valence-corrected chi connectivity index (χ0v) is 11.7. The topological polar surface area (TPSA) is 41.6 Å². The van der Waals surface area contributed by atoms with Crippen LogP contribution in [0.15, 0.2) is 24.3 Å². The molecule has 1 fully saturated rings. The second-order valence-corrected chi connectivity index (χ2v) is 4.97. The Morgan fingerprint density at radius 2 is 2.16 bits per heavy atom. The van der Waals surface area contributed by atoms with Gasteiger partial charge in [0, 0.05) is 24.8 Å². The van der Waals surface area contributed by atoms with Gasteiger partial charge in [-0.05, 0) is 37.5 Å². The summed E-state index contributed by atoms with van der Waals surface area (Å²) in [5.41, 5.74) is 2.48. The van der Waals surface area contributed by atoms with Gasteiger partial charge in [-0.25, -0.2) is 0 Å². The molecule has 0 bridgehead atoms. The van der Waals surface area contributed by atoms with Crippen LogP contribution in [0, 0.1) is 0 Å². The molecule has 19 heavy (non-hydrogen) atoms. The third-order valence-electron chi connectivity index (χ3n) is 3.62. The number of anilines is 1. The lowest BCUT2D eigenvalue weighted by Crippen LogP contribution is -2.27. The number of rotatable bonds is 5. The molecular formula is C15H22N2O2. The van der Waals surface area contributed by atoms with Gasteiger partial charge in [-0.3, -0.25) is 4.79 Å². The molecule has 1 atom stereocenters. The molecule has 0 saturated carbocycles. The Bertz CT molecular complexity index is 428. The predicted molar refractivity (Wildman–Crippen MR) is 76.3 cm³/mol. The molecule has 0 aromatic heterocycles. The fourth-order valence-corrected chi connectivity index (χ4v) is 2.39. The average Bonchev–Trinajstić information content (AvgIpc) is 2.98. The van der Waals surface area contributed by atoms with Crippen LogP contribution in [0.3, 0.4) is 0 Å². The third-order valence-corrected chi connectivity index (χ3v) is 3.62. The number of hydrogen-bond donors (Lipinski definition) is 1. The lowest BCUT2D eigenvalue weighted by molar-refractivity contribution is -0.139. The van der Waals surface area contributed by atoms with E-state index in [9.17, 15) is 4.79 Å². The summed E-state index contributed by atoms with van der Waals surface area (Å²) in [6.45, 7) is 4.60. The second-order valence-electron chi connectivity index (χ2n) is 4.97. The first-order valence-electron chi connectivity index (χ1n) is 6.86. The van der Waals surface area contributed by atoms with Crippen LogP contribution in [0.1, 0.15) is 31.4 Å². The zero-order valence-electron chi connectivity index (χ0n) is 11.7. The smallest absolute Gasteiger partial charge is 0.319 e. The maximum atomic E-state index is 11.1. The number of esters is 1. The van der Waals surface area contributed by atoms with Crippen LogP contribution in [0.25, 0.3) is 0 Å². The quantitative estimate of drug-likeness (QED) is 0.825. The van der Waals surface area contributed by atoms with E-state index in [1.54, 1.807) is 0 Å². The summed E-state index contributed by atoms with van der Waals surface area (Å²) in [4.78, 5) is 13.5. The van der Waals surface area contributed by atoms with E-state index in [-0.39, 0.29) is 18.6 Å². The standard InChI is InChI=1S/C15H22N2O2/c1-12(16-11-15(18)19-2)13-6-5-7-14(10-13)17-8-3-4-9-17/h5-7,10,12,16H,3-4,8-9,11H2,1-2H3. The first-order valence-corrected chi connectivity index (χ1v) is 6.86. The van der Waals surface area contributed by atoms with Crippen molar-refractivity contribution < 1.29 is 9.53 Å². The molecular weight excluding hydrogens is 240 g/mol. The average molecular weight is 262 g/mol. The van der Waals surface area contributed by atoms with Gasteiger partial charge in [0.1, 0.15) is 0 Å². The molecule has 1 aromatic carbocycles. The van der Waals surface area contributed by atoms with Gasteiger partial charge in [0.2, 0.25) is 0 Å². The summed E-state index contributed by atoms with van der Waals surface area (Å²) < 4.78 is 4.63. The first kappa shape index (κ1) is 13.9. The fourth-order valence-electron chi connectivity index (χ4n) is 2.39. The maximum Gasteiger partial charge on any atom is 0.319 e. The van der Waals surface area contributed by atoms with E-state index in [4.69, 9.17) is 0 Å². The number of benzene rings is 1. The SMILES string of the molecule is COC(=O)CNC(C)c1cccc(N2CCCC2)c1. The zero-order chi connectivity index (χ0) is 13.7. The van der Waals surface area contributed by atoms with Crippen molar-refractivity contribution in [3.05, 3.63) is 29.8 Å². The number of hydrogen-bond acceptors (Lipinski definition) is 4. The molecule has 1 aromatic rings. The molecule has 1 unspecified atom stereocenters. The van der Waals surface area contributed by atoms with Gasteiger partial charge in [-0.2, -0.15) is 0 Å². The van der Waals surface area contributed by atoms with Crippen molar-refractivity contribution in [1.29, 1.82) is 0 Å². The molecule has 1 aliphatic rings. The summed E-state index contributed by atoms with van der Waals surface area (Å²) in [5.74, 6) is -0.234. The number of carbonyl (C=O) groups excluding carboxylic acids is 1. The Hall–Kier alpha value is -1.55. The molecule has 104 valence electrons. The maximum absolute atomic E-state index is 11.1. The Morgan fingerprint density at radius 1 is 1.42 bits per heavy atom. The van der Waals surface area contributed by atoms with E-state index in [1.165, 1.54) is 31.2 Å².